The van der Waals surface area contributed by atoms with Gasteiger partial charge in [-0.2, -0.15) is 0 Å². The van der Waals surface area contributed by atoms with Crippen molar-refractivity contribution in [3.8, 4) is 0 Å². The summed E-state index contributed by atoms with van der Waals surface area (Å²) in [6.45, 7) is -1.64. The van der Waals surface area contributed by atoms with E-state index in [4.69, 9.17) is 9.84 Å². The van der Waals surface area contributed by atoms with E-state index in [-0.39, 0.29) is 43.1 Å². The number of aliphatic hydroxyl groups is 9. The van der Waals surface area contributed by atoms with Crippen LogP contribution >= 0.6 is 0 Å². The summed E-state index contributed by atoms with van der Waals surface area (Å²) in [5.74, 6) is -1.12. The van der Waals surface area contributed by atoms with Crippen LogP contribution in [-0.2, 0) is 27.2 Å². The number of hydrogen-bond acceptors (Lipinski definition) is 12. The van der Waals surface area contributed by atoms with E-state index in [1.54, 1.807) is 0 Å². The third-order valence-corrected chi connectivity index (χ3v) is 14.9. The normalized spacial score (nSPS) is 25.3. The van der Waals surface area contributed by atoms with Gasteiger partial charge in [0.25, 0.3) is 0 Å². The molecule has 0 unspecified atom stereocenters. The van der Waals surface area contributed by atoms with E-state index in [0.29, 0.717) is 51.4 Å². The topological polar surface area (TPSA) is 246 Å². The van der Waals surface area contributed by atoms with E-state index in [2.05, 4.69) is 36.4 Å². The first-order valence-electron chi connectivity index (χ1n) is 24.6. The highest BCUT2D eigenvalue weighted by Crippen LogP contribution is 2.42. The Bertz CT molecular complexity index is 1850. The Morgan fingerprint density at radius 2 is 0.955 bits per heavy atom. The van der Waals surface area contributed by atoms with Gasteiger partial charge in [-0.25, -0.2) is 0 Å². The second kappa shape index (κ2) is 26.9. The Hall–Kier alpha value is -3.50. The molecular weight excluding hydrogens is 845 g/mol. The number of carbonyl (C=O) groups is 2. The van der Waals surface area contributed by atoms with Gasteiger partial charge in [-0.15, -0.1) is 0 Å². The molecule has 13 heteroatoms. The zero-order valence-corrected chi connectivity index (χ0v) is 38.7. The number of rotatable bonds is 27. The number of aliphatic carboxylic acids is 1. The molecule has 0 bridgehead atoms. The molecule has 10 atom stereocenters. The zero-order valence-electron chi connectivity index (χ0n) is 38.7. The SMILES string of the molecule is O=C(CCCCCC[C@@H]1[C@@H](CC[C@@H](O)C2=Cc3ccccc3C2)[C@H](O)C[C@@H]1O)OCC(CO)(CO)CO.O=C(O)CCCCCC[C@@H]1[C@@H](CC[C@@H](O)C2=Cc3ccccc3C2)[C@H](O)C[C@@H]1O. The van der Waals surface area contributed by atoms with Gasteiger partial charge in [0.05, 0.1) is 61.9 Å². The molecule has 0 radical (unpaired) electrons. The molecule has 2 fully saturated rings. The molecule has 10 N–H and O–H groups in total. The fourth-order valence-corrected chi connectivity index (χ4v) is 10.7. The summed E-state index contributed by atoms with van der Waals surface area (Å²) >= 11 is 0. The maximum Gasteiger partial charge on any atom is 0.305 e. The van der Waals surface area contributed by atoms with Crippen LogP contribution in [0.25, 0.3) is 12.2 Å². The summed E-state index contributed by atoms with van der Waals surface area (Å²) < 4.78 is 5.11. The van der Waals surface area contributed by atoms with E-state index in [1.807, 2.05) is 24.3 Å². The van der Waals surface area contributed by atoms with Crippen molar-refractivity contribution in [2.45, 2.75) is 165 Å². The third kappa shape index (κ3) is 15.5. The highest BCUT2D eigenvalue weighted by Gasteiger charge is 2.42. The predicted molar refractivity (Wildman–Crippen MR) is 252 cm³/mol. The van der Waals surface area contributed by atoms with Gasteiger partial charge in [-0.3, -0.25) is 9.59 Å². The monoisotopic (exact) mass is 923 g/mol. The number of fused-ring (bicyclic) bond motifs is 2. The Balaban J connectivity index is 0.000000255. The van der Waals surface area contributed by atoms with E-state index in [0.717, 1.165) is 80.9 Å². The summed E-state index contributed by atoms with van der Waals surface area (Å²) in [7, 11) is 0. The molecule has 0 saturated heterocycles. The number of benzene rings is 2. The van der Waals surface area contributed by atoms with Gasteiger partial charge in [0, 0.05) is 12.8 Å². The van der Waals surface area contributed by atoms with Crippen LogP contribution < -0.4 is 0 Å². The van der Waals surface area contributed by atoms with E-state index in [9.17, 15) is 55.5 Å². The summed E-state index contributed by atoms with van der Waals surface area (Å²) in [6.07, 6.45) is 14.7. The zero-order chi connectivity index (χ0) is 47.6. The molecule has 66 heavy (non-hydrogen) atoms. The van der Waals surface area contributed by atoms with Crippen LogP contribution in [0.4, 0.5) is 0 Å². The lowest BCUT2D eigenvalue weighted by molar-refractivity contribution is -0.151. The molecule has 0 spiro atoms. The molecule has 2 aromatic carbocycles. The van der Waals surface area contributed by atoms with Crippen LogP contribution in [0.3, 0.4) is 0 Å². The van der Waals surface area contributed by atoms with Gasteiger partial charge in [0.15, 0.2) is 0 Å². The predicted octanol–water partition coefficient (Wildman–Crippen LogP) is 5.52. The molecule has 0 aliphatic heterocycles. The van der Waals surface area contributed by atoms with E-state index < -0.39 is 73.8 Å². The third-order valence-electron chi connectivity index (χ3n) is 14.9. The summed E-state index contributed by atoms with van der Waals surface area (Å²) in [5, 5.41) is 99.9. The molecule has 2 saturated carbocycles. The maximum absolute atomic E-state index is 11.9. The fourth-order valence-electron chi connectivity index (χ4n) is 10.7. The van der Waals surface area contributed by atoms with E-state index in [1.165, 1.54) is 16.7 Å². The molecule has 0 aromatic heterocycles. The highest BCUT2D eigenvalue weighted by molar-refractivity contribution is 5.69. The Morgan fingerprint density at radius 1 is 0.561 bits per heavy atom. The average molecular weight is 923 g/mol. The van der Waals surface area contributed by atoms with Crippen LogP contribution in [0.5, 0.6) is 0 Å². The molecule has 368 valence electrons. The standard InChI is InChI=1S/C29H44O8.C24H34O5/c30-16-29(17-31,18-32)19-37-28(36)10-4-2-1-3-9-23-24(27(35)15-26(23)34)11-12-25(33)22-13-20-7-5-6-8-21(20)14-22;25-21(18-13-16-7-5-6-8-17(16)14-18)12-11-20-19(22(26)15-23(20)27)9-3-1-2-4-10-24(28)29/h5-8,13,23-27,30-35H,1-4,9-12,14-19H2;5-8,13,19-23,25-27H,1-4,9-12,14-15H2,(H,28,29)/t23-,24-,25-,26+,27-;19-,20-,21-,22+,23-/m11/s1. The van der Waals surface area contributed by atoms with Crippen molar-refractivity contribution in [3.05, 3.63) is 81.9 Å². The van der Waals surface area contributed by atoms with Gasteiger partial charge in [-0.1, -0.05) is 99.2 Å². The fraction of sp³-hybridized carbons (Fsp3) is 0.660. The number of carboxylic acid groups (broad SMARTS) is 1. The van der Waals surface area contributed by atoms with Crippen molar-refractivity contribution in [2.75, 3.05) is 26.4 Å². The smallest absolute Gasteiger partial charge is 0.305 e. The minimum atomic E-state index is -1.21. The van der Waals surface area contributed by atoms with Gasteiger partial charge in [0.1, 0.15) is 6.61 Å². The first kappa shape index (κ1) is 53.5. The number of hydrogen-bond donors (Lipinski definition) is 10. The number of ether oxygens (including phenoxy) is 1. The van der Waals surface area contributed by atoms with Crippen molar-refractivity contribution < 1.29 is 65.4 Å². The van der Waals surface area contributed by atoms with Crippen molar-refractivity contribution in [2.24, 2.45) is 29.1 Å². The van der Waals surface area contributed by atoms with Gasteiger partial charge >= 0.3 is 11.9 Å². The lowest BCUT2D eigenvalue weighted by atomic mass is 9.84. The molecular formula is C53H78O13. The van der Waals surface area contributed by atoms with E-state index >= 15 is 0 Å². The highest BCUT2D eigenvalue weighted by atomic mass is 16.5. The van der Waals surface area contributed by atoms with Crippen molar-refractivity contribution >= 4 is 24.1 Å². The largest absolute Gasteiger partial charge is 0.481 e. The van der Waals surface area contributed by atoms with Crippen molar-refractivity contribution in [1.29, 1.82) is 0 Å². The minimum Gasteiger partial charge on any atom is -0.481 e. The Morgan fingerprint density at radius 3 is 1.36 bits per heavy atom. The second-order valence-electron chi connectivity index (χ2n) is 19.7. The lowest BCUT2D eigenvalue weighted by Crippen LogP contribution is -2.39. The van der Waals surface area contributed by atoms with Crippen molar-refractivity contribution in [1.82, 2.24) is 0 Å². The molecule has 0 heterocycles. The summed E-state index contributed by atoms with van der Waals surface area (Å²) in [6, 6.07) is 16.3. The van der Waals surface area contributed by atoms with Crippen LogP contribution in [0.15, 0.2) is 59.7 Å². The summed E-state index contributed by atoms with van der Waals surface area (Å²) in [4.78, 5) is 22.5. The van der Waals surface area contributed by atoms with Crippen LogP contribution in [0.2, 0.25) is 0 Å². The van der Waals surface area contributed by atoms with Crippen LogP contribution in [0.1, 0.15) is 138 Å². The molecule has 0 amide bonds. The maximum atomic E-state index is 11.9. The van der Waals surface area contributed by atoms with Crippen LogP contribution in [0, 0.1) is 29.1 Å². The molecule has 13 nitrogen and oxygen atoms in total. The van der Waals surface area contributed by atoms with Crippen LogP contribution in [-0.4, -0.2) is 126 Å². The first-order valence-corrected chi connectivity index (χ1v) is 24.6. The second-order valence-corrected chi connectivity index (χ2v) is 19.7. The lowest BCUT2D eigenvalue weighted by Gasteiger charge is -2.26. The number of carbonyl (C=O) groups excluding carboxylic acids is 1. The number of unbranched alkanes of at least 4 members (excludes halogenated alkanes) is 6. The summed E-state index contributed by atoms with van der Waals surface area (Å²) in [5.41, 5.74) is 5.65. The quantitative estimate of drug-likeness (QED) is 0.0392. The molecule has 6 rings (SSSR count). The Labute approximate surface area is 390 Å². The molecule has 2 aromatic rings. The van der Waals surface area contributed by atoms with Gasteiger partial charge < -0.3 is 55.8 Å². The Kier molecular flexibility index (Phi) is 21.8. The number of aliphatic hydroxyl groups excluding tert-OH is 9. The van der Waals surface area contributed by atoms with Crippen molar-refractivity contribution in [3.63, 3.8) is 0 Å². The van der Waals surface area contributed by atoms with Gasteiger partial charge in [0.2, 0.25) is 0 Å². The first-order chi connectivity index (χ1) is 31.8. The average Bonchev–Trinajstić information content (AvgIpc) is 4.07. The minimum absolute atomic E-state index is 0.00508. The van der Waals surface area contributed by atoms with Gasteiger partial charge in [-0.05, 0) is 134 Å². The number of esters is 1. The molecule has 4 aliphatic carbocycles. The molecule has 4 aliphatic rings. The number of carboxylic acids is 1.